The zero-order valence-corrected chi connectivity index (χ0v) is 12.6. The van der Waals surface area contributed by atoms with Crippen LogP contribution in [0.3, 0.4) is 0 Å². The van der Waals surface area contributed by atoms with Crippen molar-refractivity contribution in [2.24, 2.45) is 5.92 Å². The number of fused-ring (bicyclic) bond motifs is 1. The minimum atomic E-state index is 0.615. The fraction of sp³-hybridized carbons (Fsp3) is 0.300. The minimum Gasteiger partial charge on any atom is -0.0758 e. The standard InChI is InChI=1S/C20H22/c1-14-12-13-18(17-9-5-4-6-10-17)19-11-7-8-15(2)20(19)16(14)3/h4-11,13-14,16H,12H2,1-3H3. The van der Waals surface area contributed by atoms with E-state index in [0.717, 1.165) is 6.42 Å². The number of aryl methyl sites for hydroxylation is 1. The molecule has 1 aliphatic carbocycles. The highest BCUT2D eigenvalue weighted by atomic mass is 14.3. The maximum absolute atomic E-state index is 2.43. The fourth-order valence-electron chi connectivity index (χ4n) is 3.31. The van der Waals surface area contributed by atoms with E-state index in [9.17, 15) is 0 Å². The van der Waals surface area contributed by atoms with Gasteiger partial charge in [0.05, 0.1) is 0 Å². The predicted octanol–water partition coefficient (Wildman–Crippen LogP) is 5.57. The van der Waals surface area contributed by atoms with E-state index >= 15 is 0 Å². The van der Waals surface area contributed by atoms with Crippen LogP contribution in [0.2, 0.25) is 0 Å². The van der Waals surface area contributed by atoms with E-state index in [1.807, 2.05) is 0 Å². The Morgan fingerprint density at radius 3 is 2.40 bits per heavy atom. The first-order valence-electron chi connectivity index (χ1n) is 7.54. The molecule has 2 atom stereocenters. The molecule has 0 saturated heterocycles. The molecule has 102 valence electrons. The molecule has 0 amide bonds. The lowest BCUT2D eigenvalue weighted by Crippen LogP contribution is -2.07. The van der Waals surface area contributed by atoms with Crippen LogP contribution in [0.4, 0.5) is 0 Å². The SMILES string of the molecule is Cc1cccc2c1C(C)C(C)CC=C2c1ccccc1. The summed E-state index contributed by atoms with van der Waals surface area (Å²) in [5.74, 6) is 1.31. The number of rotatable bonds is 1. The lowest BCUT2D eigenvalue weighted by Gasteiger charge is -2.22. The first kappa shape index (κ1) is 13.2. The maximum Gasteiger partial charge on any atom is -0.0144 e. The Kier molecular flexibility index (Phi) is 3.48. The van der Waals surface area contributed by atoms with Crippen LogP contribution in [-0.4, -0.2) is 0 Å². The molecule has 0 aliphatic heterocycles. The normalized spacial score (nSPS) is 21.9. The third-order valence-corrected chi connectivity index (χ3v) is 4.70. The lowest BCUT2D eigenvalue weighted by atomic mass is 9.83. The van der Waals surface area contributed by atoms with Crippen LogP contribution in [0.1, 0.15) is 48.4 Å². The lowest BCUT2D eigenvalue weighted by molar-refractivity contribution is 0.496. The van der Waals surface area contributed by atoms with Gasteiger partial charge in [-0.2, -0.15) is 0 Å². The topological polar surface area (TPSA) is 0 Å². The highest BCUT2D eigenvalue weighted by Crippen LogP contribution is 2.40. The number of allylic oxidation sites excluding steroid dienone is 1. The molecule has 3 rings (SSSR count). The molecule has 2 unspecified atom stereocenters. The first-order valence-corrected chi connectivity index (χ1v) is 7.54. The first-order chi connectivity index (χ1) is 9.68. The van der Waals surface area contributed by atoms with Gasteiger partial charge in [-0.15, -0.1) is 0 Å². The molecule has 2 aromatic carbocycles. The van der Waals surface area contributed by atoms with E-state index in [0.29, 0.717) is 11.8 Å². The van der Waals surface area contributed by atoms with Crippen LogP contribution in [0.15, 0.2) is 54.6 Å². The Morgan fingerprint density at radius 1 is 0.900 bits per heavy atom. The van der Waals surface area contributed by atoms with Crippen molar-refractivity contribution in [1.82, 2.24) is 0 Å². The second-order valence-electron chi connectivity index (χ2n) is 6.02. The van der Waals surface area contributed by atoms with E-state index < -0.39 is 0 Å². The Labute approximate surface area is 122 Å². The minimum absolute atomic E-state index is 0.615. The summed E-state index contributed by atoms with van der Waals surface area (Å²) < 4.78 is 0. The molecular formula is C20H22. The molecular weight excluding hydrogens is 240 g/mol. The van der Waals surface area contributed by atoms with Gasteiger partial charge in [-0.1, -0.05) is 68.5 Å². The number of hydrogen-bond donors (Lipinski definition) is 0. The summed E-state index contributed by atoms with van der Waals surface area (Å²) in [7, 11) is 0. The zero-order valence-electron chi connectivity index (χ0n) is 12.6. The van der Waals surface area contributed by atoms with Gasteiger partial charge < -0.3 is 0 Å². The van der Waals surface area contributed by atoms with Crippen molar-refractivity contribution in [3.63, 3.8) is 0 Å². The van der Waals surface area contributed by atoms with E-state index in [1.54, 1.807) is 0 Å². The van der Waals surface area contributed by atoms with Crippen LogP contribution in [0, 0.1) is 12.8 Å². The van der Waals surface area contributed by atoms with Gasteiger partial charge in [0.25, 0.3) is 0 Å². The van der Waals surface area contributed by atoms with Crippen molar-refractivity contribution in [1.29, 1.82) is 0 Å². The predicted molar refractivity (Wildman–Crippen MR) is 86.9 cm³/mol. The third kappa shape index (κ3) is 2.20. The molecule has 0 nitrogen and oxygen atoms in total. The fourth-order valence-corrected chi connectivity index (χ4v) is 3.31. The average Bonchev–Trinajstić information content (AvgIpc) is 2.59. The highest BCUT2D eigenvalue weighted by Gasteiger charge is 2.23. The van der Waals surface area contributed by atoms with Crippen LogP contribution < -0.4 is 0 Å². The second kappa shape index (κ2) is 5.28. The molecule has 0 radical (unpaired) electrons. The Morgan fingerprint density at radius 2 is 1.65 bits per heavy atom. The summed E-state index contributed by atoms with van der Waals surface area (Å²) in [6.07, 6.45) is 3.58. The van der Waals surface area contributed by atoms with Gasteiger partial charge in [-0.3, -0.25) is 0 Å². The van der Waals surface area contributed by atoms with Crippen molar-refractivity contribution in [2.45, 2.75) is 33.1 Å². The second-order valence-corrected chi connectivity index (χ2v) is 6.02. The van der Waals surface area contributed by atoms with Gasteiger partial charge in [0, 0.05) is 0 Å². The Balaban J connectivity index is 2.22. The van der Waals surface area contributed by atoms with E-state index in [4.69, 9.17) is 0 Å². The Bertz CT molecular complexity index is 634. The highest BCUT2D eigenvalue weighted by molar-refractivity contribution is 5.82. The van der Waals surface area contributed by atoms with Gasteiger partial charge in [0.15, 0.2) is 0 Å². The van der Waals surface area contributed by atoms with Gasteiger partial charge in [-0.25, -0.2) is 0 Å². The molecule has 0 N–H and O–H groups in total. The van der Waals surface area contributed by atoms with Gasteiger partial charge in [0.2, 0.25) is 0 Å². The molecule has 0 aromatic heterocycles. The molecule has 0 spiro atoms. The molecule has 0 fully saturated rings. The van der Waals surface area contributed by atoms with Crippen molar-refractivity contribution < 1.29 is 0 Å². The summed E-state index contributed by atoms with van der Waals surface area (Å²) in [6, 6.07) is 17.5. The van der Waals surface area contributed by atoms with Crippen molar-refractivity contribution in [3.05, 3.63) is 76.9 Å². The number of hydrogen-bond acceptors (Lipinski definition) is 0. The number of benzene rings is 2. The molecule has 0 heteroatoms. The Hall–Kier alpha value is -1.82. The monoisotopic (exact) mass is 262 g/mol. The van der Waals surface area contributed by atoms with Crippen molar-refractivity contribution in [3.8, 4) is 0 Å². The molecule has 0 saturated carbocycles. The summed E-state index contributed by atoms with van der Waals surface area (Å²) >= 11 is 0. The van der Waals surface area contributed by atoms with Crippen LogP contribution in [0.25, 0.3) is 5.57 Å². The van der Waals surface area contributed by atoms with Crippen molar-refractivity contribution >= 4 is 5.57 Å². The van der Waals surface area contributed by atoms with Gasteiger partial charge >= 0.3 is 0 Å². The van der Waals surface area contributed by atoms with Crippen LogP contribution in [-0.2, 0) is 0 Å². The van der Waals surface area contributed by atoms with Crippen molar-refractivity contribution in [2.75, 3.05) is 0 Å². The average molecular weight is 262 g/mol. The summed E-state index contributed by atoms with van der Waals surface area (Å²) in [5.41, 5.74) is 7.12. The van der Waals surface area contributed by atoms with Gasteiger partial charge in [-0.05, 0) is 53.0 Å². The van der Waals surface area contributed by atoms with Gasteiger partial charge in [0.1, 0.15) is 0 Å². The molecule has 0 bridgehead atoms. The van der Waals surface area contributed by atoms with E-state index in [-0.39, 0.29) is 0 Å². The summed E-state index contributed by atoms with van der Waals surface area (Å²) in [6.45, 7) is 6.99. The summed E-state index contributed by atoms with van der Waals surface area (Å²) in [5, 5.41) is 0. The maximum atomic E-state index is 2.43. The van der Waals surface area contributed by atoms with Crippen LogP contribution >= 0.6 is 0 Å². The molecule has 2 aromatic rings. The quantitative estimate of drug-likeness (QED) is 0.630. The van der Waals surface area contributed by atoms with E-state index in [2.05, 4.69) is 75.4 Å². The third-order valence-electron chi connectivity index (χ3n) is 4.70. The van der Waals surface area contributed by atoms with Crippen LogP contribution in [0.5, 0.6) is 0 Å². The van der Waals surface area contributed by atoms with E-state index in [1.165, 1.54) is 27.8 Å². The molecule has 20 heavy (non-hydrogen) atoms. The molecule has 0 heterocycles. The molecule has 1 aliphatic rings. The smallest absolute Gasteiger partial charge is 0.0144 e. The summed E-state index contributed by atoms with van der Waals surface area (Å²) in [4.78, 5) is 0. The largest absolute Gasteiger partial charge is 0.0758 e. The zero-order chi connectivity index (χ0) is 14.1.